The molecule has 1 aliphatic rings. The molecule has 1 fully saturated rings. The van der Waals surface area contributed by atoms with Gasteiger partial charge >= 0.3 is 0 Å². The third-order valence-corrected chi connectivity index (χ3v) is 3.63. The Labute approximate surface area is 132 Å². The Balaban J connectivity index is 0.00000220. The van der Waals surface area contributed by atoms with Crippen molar-refractivity contribution in [2.24, 2.45) is 5.73 Å². The lowest BCUT2D eigenvalue weighted by molar-refractivity contribution is -0.117. The van der Waals surface area contributed by atoms with Crippen LogP contribution in [0.1, 0.15) is 18.4 Å². The number of likely N-dealkylation sites (tertiary alicyclic amines) is 1. The molecule has 0 saturated carbocycles. The lowest BCUT2D eigenvalue weighted by Gasteiger charge is -2.29. The van der Waals surface area contributed by atoms with E-state index in [9.17, 15) is 4.79 Å². The summed E-state index contributed by atoms with van der Waals surface area (Å²) in [5.74, 6) is 0.675. The molecule has 21 heavy (non-hydrogen) atoms. The number of amides is 1. The number of carbonyl (C=O) groups is 1. The molecule has 3 N–H and O–H groups in total. The number of nitrogens with two attached hydrogens (primary N) is 1. The van der Waals surface area contributed by atoms with Crippen LogP contribution < -0.4 is 15.8 Å². The molecule has 0 atom stereocenters. The van der Waals surface area contributed by atoms with Crippen LogP contribution in [-0.4, -0.2) is 43.6 Å². The molecule has 1 saturated heterocycles. The van der Waals surface area contributed by atoms with Gasteiger partial charge in [-0.1, -0.05) is 6.07 Å². The van der Waals surface area contributed by atoms with Gasteiger partial charge in [0.2, 0.25) is 5.91 Å². The second-order valence-corrected chi connectivity index (χ2v) is 5.37. The van der Waals surface area contributed by atoms with Crippen molar-refractivity contribution in [3.8, 4) is 5.75 Å². The minimum Gasteiger partial charge on any atom is -0.495 e. The lowest BCUT2D eigenvalue weighted by atomic mass is 10.1. The van der Waals surface area contributed by atoms with Crippen LogP contribution in [0.2, 0.25) is 0 Å². The van der Waals surface area contributed by atoms with Gasteiger partial charge in [0.15, 0.2) is 0 Å². The SMILES string of the molecule is COc1ccc(C)cc1NC(=O)CN1CCC(N)CC1.Cl. The number of methoxy groups -OCH3 is 1. The molecule has 6 heteroatoms. The van der Waals surface area contributed by atoms with Crippen molar-refractivity contribution < 1.29 is 9.53 Å². The topological polar surface area (TPSA) is 67.6 Å². The van der Waals surface area contributed by atoms with Crippen LogP contribution in [0, 0.1) is 6.92 Å². The maximum absolute atomic E-state index is 12.1. The van der Waals surface area contributed by atoms with E-state index in [1.165, 1.54) is 0 Å². The highest BCUT2D eigenvalue weighted by Crippen LogP contribution is 2.25. The van der Waals surface area contributed by atoms with Gasteiger partial charge in [0.05, 0.1) is 19.3 Å². The second kappa shape index (κ2) is 8.22. The fourth-order valence-corrected chi connectivity index (χ4v) is 2.42. The molecular weight excluding hydrogens is 290 g/mol. The molecule has 0 unspecified atom stereocenters. The minimum atomic E-state index is -0.00984. The largest absolute Gasteiger partial charge is 0.495 e. The zero-order valence-electron chi connectivity index (χ0n) is 12.6. The van der Waals surface area contributed by atoms with E-state index in [0.29, 0.717) is 12.3 Å². The zero-order valence-corrected chi connectivity index (χ0v) is 13.4. The van der Waals surface area contributed by atoms with Crippen LogP contribution in [0.5, 0.6) is 5.75 Å². The number of halogens is 1. The molecule has 1 amide bonds. The van der Waals surface area contributed by atoms with E-state index < -0.39 is 0 Å². The highest BCUT2D eigenvalue weighted by Gasteiger charge is 2.18. The third kappa shape index (κ3) is 5.19. The number of aryl methyl sites for hydroxylation is 1. The minimum absolute atomic E-state index is 0. The van der Waals surface area contributed by atoms with Crippen LogP contribution >= 0.6 is 12.4 Å². The molecule has 1 aliphatic heterocycles. The van der Waals surface area contributed by atoms with Gasteiger partial charge in [-0.15, -0.1) is 12.4 Å². The third-order valence-electron chi connectivity index (χ3n) is 3.63. The van der Waals surface area contributed by atoms with Gasteiger partial charge < -0.3 is 15.8 Å². The molecule has 1 aromatic carbocycles. The number of benzene rings is 1. The average Bonchev–Trinajstić information content (AvgIpc) is 2.41. The maximum Gasteiger partial charge on any atom is 0.238 e. The van der Waals surface area contributed by atoms with Gasteiger partial charge in [-0.3, -0.25) is 9.69 Å². The molecule has 1 aromatic rings. The number of carbonyl (C=O) groups excluding carboxylic acids is 1. The summed E-state index contributed by atoms with van der Waals surface area (Å²) in [6.45, 7) is 4.17. The molecule has 1 heterocycles. The Kier molecular flexibility index (Phi) is 6.95. The first-order chi connectivity index (χ1) is 9.58. The number of ether oxygens (including phenoxy) is 1. The summed E-state index contributed by atoms with van der Waals surface area (Å²) in [5, 5.41) is 2.92. The highest BCUT2D eigenvalue weighted by atomic mass is 35.5. The second-order valence-electron chi connectivity index (χ2n) is 5.37. The first kappa shape index (κ1) is 17.8. The number of nitrogens with zero attached hydrogens (tertiary/aromatic N) is 1. The zero-order chi connectivity index (χ0) is 14.5. The molecule has 0 radical (unpaired) electrons. The van der Waals surface area contributed by atoms with Crippen molar-refractivity contribution in [3.63, 3.8) is 0 Å². The lowest BCUT2D eigenvalue weighted by Crippen LogP contribution is -2.43. The van der Waals surface area contributed by atoms with E-state index in [1.807, 2.05) is 25.1 Å². The molecule has 2 rings (SSSR count). The van der Waals surface area contributed by atoms with Gasteiger partial charge in [-0.05, 0) is 37.5 Å². The van der Waals surface area contributed by atoms with E-state index in [4.69, 9.17) is 10.5 Å². The number of rotatable bonds is 4. The van der Waals surface area contributed by atoms with Crippen LogP contribution in [0.3, 0.4) is 0 Å². The average molecular weight is 314 g/mol. The molecule has 0 aliphatic carbocycles. The van der Waals surface area contributed by atoms with Crippen LogP contribution in [0.4, 0.5) is 5.69 Å². The summed E-state index contributed by atoms with van der Waals surface area (Å²) in [4.78, 5) is 14.2. The van der Waals surface area contributed by atoms with Crippen molar-refractivity contribution in [2.45, 2.75) is 25.8 Å². The fourth-order valence-electron chi connectivity index (χ4n) is 2.42. The highest BCUT2D eigenvalue weighted by molar-refractivity contribution is 5.93. The van der Waals surface area contributed by atoms with Crippen LogP contribution in [0.25, 0.3) is 0 Å². The predicted molar refractivity (Wildman–Crippen MR) is 87.3 cm³/mol. The van der Waals surface area contributed by atoms with Gasteiger partial charge in [-0.25, -0.2) is 0 Å². The molecule has 0 bridgehead atoms. The number of hydrogen-bond donors (Lipinski definition) is 2. The van der Waals surface area contributed by atoms with E-state index in [0.717, 1.165) is 37.2 Å². The normalized spacial score (nSPS) is 16.1. The Morgan fingerprint density at radius 3 is 2.71 bits per heavy atom. The van der Waals surface area contributed by atoms with Crippen LogP contribution in [-0.2, 0) is 4.79 Å². The summed E-state index contributed by atoms with van der Waals surface area (Å²) in [7, 11) is 1.60. The van der Waals surface area contributed by atoms with Gasteiger partial charge in [0.1, 0.15) is 5.75 Å². The Morgan fingerprint density at radius 1 is 1.43 bits per heavy atom. The number of piperidine rings is 1. The van der Waals surface area contributed by atoms with Crippen molar-refractivity contribution in [1.82, 2.24) is 4.90 Å². The van der Waals surface area contributed by atoms with E-state index in [-0.39, 0.29) is 24.4 Å². The van der Waals surface area contributed by atoms with Crippen molar-refractivity contribution in [2.75, 3.05) is 32.1 Å². The van der Waals surface area contributed by atoms with E-state index in [2.05, 4.69) is 10.2 Å². The smallest absolute Gasteiger partial charge is 0.238 e. The monoisotopic (exact) mass is 313 g/mol. The number of anilines is 1. The van der Waals surface area contributed by atoms with Crippen molar-refractivity contribution in [1.29, 1.82) is 0 Å². The summed E-state index contributed by atoms with van der Waals surface area (Å²) in [6, 6.07) is 6.03. The van der Waals surface area contributed by atoms with Crippen molar-refractivity contribution in [3.05, 3.63) is 23.8 Å². The van der Waals surface area contributed by atoms with Crippen LogP contribution in [0.15, 0.2) is 18.2 Å². The summed E-state index contributed by atoms with van der Waals surface area (Å²) >= 11 is 0. The fraction of sp³-hybridized carbons (Fsp3) is 0.533. The summed E-state index contributed by atoms with van der Waals surface area (Å²) < 4.78 is 5.26. The molecule has 118 valence electrons. The molecule has 5 nitrogen and oxygen atoms in total. The Morgan fingerprint density at radius 2 is 2.10 bits per heavy atom. The number of nitrogens with one attached hydrogen (secondary N) is 1. The summed E-state index contributed by atoms with van der Waals surface area (Å²) in [5.41, 5.74) is 7.68. The predicted octanol–water partition coefficient (Wildman–Crippen LogP) is 1.79. The quantitative estimate of drug-likeness (QED) is 0.889. The first-order valence-corrected chi connectivity index (χ1v) is 7.01. The van der Waals surface area contributed by atoms with Gasteiger partial charge in [-0.2, -0.15) is 0 Å². The maximum atomic E-state index is 12.1. The van der Waals surface area contributed by atoms with Crippen molar-refractivity contribution >= 4 is 24.0 Å². The summed E-state index contributed by atoms with van der Waals surface area (Å²) in [6.07, 6.45) is 1.92. The molecular formula is C15H24ClN3O2. The standard InChI is InChI=1S/C15H23N3O2.ClH/c1-11-3-4-14(20-2)13(9-11)17-15(19)10-18-7-5-12(16)6-8-18;/h3-4,9,12H,5-8,10,16H2,1-2H3,(H,17,19);1H. The first-order valence-electron chi connectivity index (χ1n) is 7.01. The van der Waals surface area contributed by atoms with E-state index in [1.54, 1.807) is 7.11 Å². The van der Waals surface area contributed by atoms with Gasteiger partial charge in [0, 0.05) is 19.1 Å². The molecule has 0 aromatic heterocycles. The number of hydrogen-bond acceptors (Lipinski definition) is 4. The van der Waals surface area contributed by atoms with Gasteiger partial charge in [0.25, 0.3) is 0 Å². The Bertz CT molecular complexity index is 474. The molecule has 0 spiro atoms. The van der Waals surface area contributed by atoms with E-state index >= 15 is 0 Å². The Hall–Kier alpha value is -1.30.